The van der Waals surface area contributed by atoms with Crippen LogP contribution in [0.3, 0.4) is 0 Å². The minimum atomic E-state index is 0.999. The van der Waals surface area contributed by atoms with Crippen LogP contribution in [0.4, 0.5) is 0 Å². The summed E-state index contributed by atoms with van der Waals surface area (Å²) in [5.41, 5.74) is 0. The molecule has 1 heteroatoms. The Morgan fingerprint density at radius 3 is 2.08 bits per heavy atom. The molecule has 0 aromatic carbocycles. The van der Waals surface area contributed by atoms with Gasteiger partial charge in [-0.05, 0) is 44.8 Å². The Hall–Kier alpha value is -0.0400. The molecule has 1 rings (SSSR count). The molecule has 1 fully saturated rings. The smallest absolute Gasteiger partial charge is 0.00190 e. The van der Waals surface area contributed by atoms with Crippen LogP contribution in [0.5, 0.6) is 0 Å². The highest BCUT2D eigenvalue weighted by Crippen LogP contribution is 2.28. The third-order valence-electron chi connectivity index (χ3n) is 3.48. The van der Waals surface area contributed by atoms with Crippen LogP contribution in [0, 0.1) is 11.8 Å². The summed E-state index contributed by atoms with van der Waals surface area (Å²) in [6, 6.07) is 0. The average molecular weight is 169 g/mol. The van der Waals surface area contributed by atoms with Crippen molar-refractivity contribution >= 4 is 0 Å². The van der Waals surface area contributed by atoms with Crippen molar-refractivity contribution < 1.29 is 0 Å². The quantitative estimate of drug-likeness (QED) is 0.628. The van der Waals surface area contributed by atoms with Crippen molar-refractivity contribution in [2.75, 3.05) is 20.1 Å². The molecule has 1 aliphatic rings. The summed E-state index contributed by atoms with van der Waals surface area (Å²) in [5, 5.41) is 0. The van der Waals surface area contributed by atoms with Gasteiger partial charge in [-0.15, -0.1) is 0 Å². The van der Waals surface area contributed by atoms with E-state index in [1.54, 1.807) is 0 Å². The van der Waals surface area contributed by atoms with Crippen LogP contribution in [0.25, 0.3) is 0 Å². The minimum absolute atomic E-state index is 0.999. The first-order valence-corrected chi connectivity index (χ1v) is 5.46. The summed E-state index contributed by atoms with van der Waals surface area (Å²) in [4.78, 5) is 2.46. The van der Waals surface area contributed by atoms with Gasteiger partial charge in [-0.3, -0.25) is 0 Å². The zero-order valence-electron chi connectivity index (χ0n) is 8.84. The molecule has 0 aromatic rings. The number of rotatable bonds is 3. The summed E-state index contributed by atoms with van der Waals surface area (Å²) in [6.45, 7) is 7.32. The van der Waals surface area contributed by atoms with Crippen LogP contribution in [0.2, 0.25) is 0 Å². The summed E-state index contributed by atoms with van der Waals surface area (Å²) in [7, 11) is 2.24. The number of piperidine rings is 1. The van der Waals surface area contributed by atoms with Gasteiger partial charge in [0.2, 0.25) is 0 Å². The molecular formula is C11H23N. The van der Waals surface area contributed by atoms with Gasteiger partial charge in [0.1, 0.15) is 0 Å². The fourth-order valence-corrected chi connectivity index (χ4v) is 2.46. The molecule has 0 bridgehead atoms. The monoisotopic (exact) mass is 169 g/mol. The van der Waals surface area contributed by atoms with Crippen LogP contribution in [0.15, 0.2) is 0 Å². The van der Waals surface area contributed by atoms with E-state index in [0.717, 1.165) is 11.8 Å². The lowest BCUT2D eigenvalue weighted by Crippen LogP contribution is -2.33. The maximum atomic E-state index is 2.46. The molecule has 72 valence electrons. The van der Waals surface area contributed by atoms with Crippen molar-refractivity contribution in [2.45, 2.75) is 39.5 Å². The van der Waals surface area contributed by atoms with Crippen molar-refractivity contribution in [1.82, 2.24) is 4.90 Å². The van der Waals surface area contributed by atoms with Crippen molar-refractivity contribution in [2.24, 2.45) is 11.8 Å². The first kappa shape index (κ1) is 10.0. The average Bonchev–Trinajstić information content (AvgIpc) is 2.10. The van der Waals surface area contributed by atoms with Gasteiger partial charge in [-0.2, -0.15) is 0 Å². The van der Waals surface area contributed by atoms with E-state index in [-0.39, 0.29) is 0 Å². The van der Waals surface area contributed by atoms with E-state index in [1.165, 1.54) is 38.8 Å². The lowest BCUT2D eigenvalue weighted by Gasteiger charge is -2.33. The standard InChI is InChI=1S/C11H23N/c1-4-10(5-2)11-6-8-12(3)9-7-11/h10-11H,4-9H2,1-3H3. The Kier molecular flexibility index (Phi) is 4.07. The number of hydrogen-bond acceptors (Lipinski definition) is 1. The molecule has 0 aromatic heterocycles. The van der Waals surface area contributed by atoms with Gasteiger partial charge in [-0.1, -0.05) is 26.7 Å². The molecule has 0 spiro atoms. The molecule has 0 atom stereocenters. The summed E-state index contributed by atoms with van der Waals surface area (Å²) in [5.74, 6) is 2.02. The molecule has 1 saturated heterocycles. The van der Waals surface area contributed by atoms with Gasteiger partial charge >= 0.3 is 0 Å². The molecule has 12 heavy (non-hydrogen) atoms. The molecule has 1 aliphatic heterocycles. The molecule has 0 amide bonds. The summed E-state index contributed by atoms with van der Waals surface area (Å²) in [6.07, 6.45) is 5.63. The topological polar surface area (TPSA) is 3.24 Å². The van der Waals surface area contributed by atoms with Crippen LogP contribution in [-0.4, -0.2) is 25.0 Å². The molecule has 0 saturated carbocycles. The van der Waals surface area contributed by atoms with Crippen molar-refractivity contribution in [1.29, 1.82) is 0 Å². The fourth-order valence-electron chi connectivity index (χ4n) is 2.46. The Morgan fingerprint density at radius 1 is 1.17 bits per heavy atom. The van der Waals surface area contributed by atoms with Crippen molar-refractivity contribution in [3.05, 3.63) is 0 Å². The van der Waals surface area contributed by atoms with Crippen molar-refractivity contribution in [3.8, 4) is 0 Å². The van der Waals surface area contributed by atoms with E-state index in [1.807, 2.05) is 0 Å². The Balaban J connectivity index is 2.32. The number of nitrogens with zero attached hydrogens (tertiary/aromatic N) is 1. The molecule has 0 radical (unpaired) electrons. The largest absolute Gasteiger partial charge is 0.306 e. The van der Waals surface area contributed by atoms with Gasteiger partial charge in [0.25, 0.3) is 0 Å². The van der Waals surface area contributed by atoms with E-state index >= 15 is 0 Å². The van der Waals surface area contributed by atoms with Gasteiger partial charge in [0.15, 0.2) is 0 Å². The molecular weight excluding hydrogens is 146 g/mol. The lowest BCUT2D eigenvalue weighted by atomic mass is 9.81. The highest BCUT2D eigenvalue weighted by molar-refractivity contribution is 4.75. The van der Waals surface area contributed by atoms with E-state index in [4.69, 9.17) is 0 Å². The molecule has 0 unspecified atom stereocenters. The molecule has 1 nitrogen and oxygen atoms in total. The Bertz CT molecular complexity index is 110. The van der Waals surface area contributed by atoms with Gasteiger partial charge in [0, 0.05) is 0 Å². The van der Waals surface area contributed by atoms with E-state index < -0.39 is 0 Å². The fraction of sp³-hybridized carbons (Fsp3) is 1.00. The minimum Gasteiger partial charge on any atom is -0.306 e. The summed E-state index contributed by atoms with van der Waals surface area (Å²) >= 11 is 0. The van der Waals surface area contributed by atoms with Crippen LogP contribution >= 0.6 is 0 Å². The van der Waals surface area contributed by atoms with Crippen LogP contribution < -0.4 is 0 Å². The van der Waals surface area contributed by atoms with Gasteiger partial charge < -0.3 is 4.90 Å². The Morgan fingerprint density at radius 2 is 1.67 bits per heavy atom. The second kappa shape index (κ2) is 4.86. The SMILES string of the molecule is CCC(CC)C1CCN(C)CC1. The number of hydrogen-bond donors (Lipinski definition) is 0. The third kappa shape index (κ3) is 2.48. The van der Waals surface area contributed by atoms with E-state index in [2.05, 4.69) is 25.8 Å². The molecule has 0 N–H and O–H groups in total. The lowest BCUT2D eigenvalue weighted by molar-refractivity contribution is 0.165. The van der Waals surface area contributed by atoms with Gasteiger partial charge in [-0.25, -0.2) is 0 Å². The molecule has 1 heterocycles. The third-order valence-corrected chi connectivity index (χ3v) is 3.48. The molecule has 0 aliphatic carbocycles. The summed E-state index contributed by atoms with van der Waals surface area (Å²) < 4.78 is 0. The predicted octanol–water partition coefficient (Wildman–Crippen LogP) is 2.76. The second-order valence-electron chi connectivity index (χ2n) is 4.22. The maximum Gasteiger partial charge on any atom is -0.00190 e. The highest BCUT2D eigenvalue weighted by Gasteiger charge is 2.22. The zero-order valence-corrected chi connectivity index (χ0v) is 8.84. The van der Waals surface area contributed by atoms with Crippen molar-refractivity contribution in [3.63, 3.8) is 0 Å². The zero-order chi connectivity index (χ0) is 8.97. The first-order chi connectivity index (χ1) is 5.77. The predicted molar refractivity (Wildman–Crippen MR) is 54.3 cm³/mol. The number of likely N-dealkylation sites (tertiary alicyclic amines) is 1. The second-order valence-corrected chi connectivity index (χ2v) is 4.22. The van der Waals surface area contributed by atoms with Crippen LogP contribution in [-0.2, 0) is 0 Å². The Labute approximate surface area is 77.1 Å². The van der Waals surface area contributed by atoms with Gasteiger partial charge in [0.05, 0.1) is 0 Å². The van der Waals surface area contributed by atoms with Crippen LogP contribution in [0.1, 0.15) is 39.5 Å². The van der Waals surface area contributed by atoms with E-state index in [9.17, 15) is 0 Å². The maximum absolute atomic E-state index is 2.46. The normalized spacial score (nSPS) is 22.0. The van der Waals surface area contributed by atoms with E-state index in [0.29, 0.717) is 0 Å². The first-order valence-electron chi connectivity index (χ1n) is 5.46. The highest BCUT2D eigenvalue weighted by atomic mass is 15.1.